The summed E-state index contributed by atoms with van der Waals surface area (Å²) in [6.45, 7) is -0.221. The monoisotopic (exact) mass is 309 g/mol. The van der Waals surface area contributed by atoms with E-state index in [1.54, 1.807) is 16.8 Å². The van der Waals surface area contributed by atoms with Gasteiger partial charge in [0.2, 0.25) is 0 Å². The number of carboxylic acid groups (broad SMARTS) is 1. The average Bonchev–Trinajstić information content (AvgIpc) is 2.98. The van der Waals surface area contributed by atoms with Gasteiger partial charge in [-0.05, 0) is 23.8 Å². The molecule has 23 heavy (non-hydrogen) atoms. The topological polar surface area (TPSA) is 88.2 Å². The summed E-state index contributed by atoms with van der Waals surface area (Å²) in [6.07, 6.45) is 0.543. The second-order valence-corrected chi connectivity index (χ2v) is 5.07. The summed E-state index contributed by atoms with van der Waals surface area (Å²) in [5.74, 6) is -1.00. The second-order valence-electron chi connectivity index (χ2n) is 5.07. The van der Waals surface area contributed by atoms with Crippen LogP contribution in [0, 0.1) is 0 Å². The van der Waals surface area contributed by atoms with Gasteiger partial charge >= 0.3 is 5.97 Å². The zero-order valence-electron chi connectivity index (χ0n) is 12.3. The Morgan fingerprint density at radius 2 is 1.87 bits per heavy atom. The molecule has 6 nitrogen and oxygen atoms in total. The molecule has 6 heteroatoms. The van der Waals surface area contributed by atoms with E-state index in [-0.39, 0.29) is 12.2 Å². The summed E-state index contributed by atoms with van der Waals surface area (Å²) in [5.41, 5.74) is 3.05. The largest absolute Gasteiger partial charge is 0.478 e. The van der Waals surface area contributed by atoms with Crippen LogP contribution < -0.4 is 0 Å². The molecule has 0 bridgehead atoms. The van der Waals surface area contributed by atoms with Crippen molar-refractivity contribution in [2.24, 2.45) is 0 Å². The normalized spacial score (nSPS) is 10.7. The highest BCUT2D eigenvalue weighted by atomic mass is 16.4. The zero-order valence-corrected chi connectivity index (χ0v) is 12.3. The fourth-order valence-corrected chi connectivity index (χ4v) is 2.40. The first-order chi connectivity index (χ1) is 11.2. The van der Waals surface area contributed by atoms with Crippen molar-refractivity contribution < 1.29 is 15.0 Å². The molecular formula is C17H15N3O3. The molecule has 116 valence electrons. The molecule has 1 heterocycles. The standard InChI is InChI=1S/C17H15N3O3/c21-11-15-16(9-12-5-2-1-3-6-12)20(19-18-15)14-8-4-7-13(10-14)17(22)23/h1-8,10,21H,9,11H2,(H,22,23). The van der Waals surface area contributed by atoms with E-state index in [2.05, 4.69) is 10.3 Å². The minimum absolute atomic E-state index is 0.175. The van der Waals surface area contributed by atoms with Gasteiger partial charge < -0.3 is 10.2 Å². The van der Waals surface area contributed by atoms with Crippen LogP contribution in [0.15, 0.2) is 54.6 Å². The van der Waals surface area contributed by atoms with Crippen LogP contribution in [0.4, 0.5) is 0 Å². The van der Waals surface area contributed by atoms with Crippen LogP contribution in [0.5, 0.6) is 0 Å². The lowest BCUT2D eigenvalue weighted by Gasteiger charge is -2.08. The molecule has 0 unspecified atom stereocenters. The number of aromatic nitrogens is 3. The summed E-state index contributed by atoms with van der Waals surface area (Å²) in [6, 6.07) is 16.2. The summed E-state index contributed by atoms with van der Waals surface area (Å²) in [4.78, 5) is 11.1. The van der Waals surface area contributed by atoms with E-state index in [0.29, 0.717) is 17.8 Å². The Balaban J connectivity index is 2.05. The SMILES string of the molecule is O=C(O)c1cccc(-n2nnc(CO)c2Cc2ccccc2)c1. The number of hydrogen-bond donors (Lipinski definition) is 2. The number of carbonyl (C=O) groups is 1. The Bertz CT molecular complexity index is 828. The smallest absolute Gasteiger partial charge is 0.335 e. The average molecular weight is 309 g/mol. The van der Waals surface area contributed by atoms with Gasteiger partial charge in [0.15, 0.2) is 0 Å². The molecule has 0 saturated carbocycles. The van der Waals surface area contributed by atoms with Crippen molar-refractivity contribution in [3.8, 4) is 5.69 Å². The fourth-order valence-electron chi connectivity index (χ4n) is 2.40. The predicted octanol–water partition coefficient (Wildman–Crippen LogP) is 2.05. The van der Waals surface area contributed by atoms with Crippen LogP contribution in [0.3, 0.4) is 0 Å². The van der Waals surface area contributed by atoms with E-state index >= 15 is 0 Å². The van der Waals surface area contributed by atoms with E-state index in [9.17, 15) is 9.90 Å². The van der Waals surface area contributed by atoms with E-state index in [1.807, 2.05) is 30.3 Å². The molecule has 3 rings (SSSR count). The first-order valence-electron chi connectivity index (χ1n) is 7.11. The molecule has 0 spiro atoms. The molecule has 0 aliphatic heterocycles. The van der Waals surface area contributed by atoms with Gasteiger partial charge in [-0.3, -0.25) is 0 Å². The van der Waals surface area contributed by atoms with Crippen LogP contribution >= 0.6 is 0 Å². The Kier molecular flexibility index (Phi) is 4.16. The minimum Gasteiger partial charge on any atom is -0.478 e. The van der Waals surface area contributed by atoms with Gasteiger partial charge in [0, 0.05) is 6.42 Å². The van der Waals surface area contributed by atoms with Gasteiger partial charge in [-0.2, -0.15) is 0 Å². The fraction of sp³-hybridized carbons (Fsp3) is 0.118. The highest BCUT2D eigenvalue weighted by Crippen LogP contribution is 2.18. The third-order valence-electron chi connectivity index (χ3n) is 3.55. The van der Waals surface area contributed by atoms with Crippen molar-refractivity contribution in [1.29, 1.82) is 0 Å². The van der Waals surface area contributed by atoms with Gasteiger partial charge in [0.1, 0.15) is 5.69 Å². The molecule has 0 aliphatic rings. The molecule has 3 aromatic rings. The van der Waals surface area contributed by atoms with Gasteiger partial charge in [0.25, 0.3) is 0 Å². The summed E-state index contributed by atoms with van der Waals surface area (Å²) < 4.78 is 1.57. The lowest BCUT2D eigenvalue weighted by atomic mass is 10.1. The molecule has 2 aromatic carbocycles. The highest BCUT2D eigenvalue weighted by Gasteiger charge is 2.15. The van der Waals surface area contributed by atoms with Gasteiger partial charge in [0.05, 0.1) is 23.6 Å². The molecule has 0 amide bonds. The Labute approximate surface area is 132 Å². The number of nitrogens with zero attached hydrogens (tertiary/aromatic N) is 3. The maximum absolute atomic E-state index is 11.1. The first-order valence-corrected chi connectivity index (χ1v) is 7.11. The highest BCUT2D eigenvalue weighted by molar-refractivity contribution is 5.88. The van der Waals surface area contributed by atoms with Crippen molar-refractivity contribution in [3.05, 3.63) is 77.1 Å². The number of hydrogen-bond acceptors (Lipinski definition) is 4. The molecule has 2 N–H and O–H groups in total. The number of carboxylic acids is 1. The van der Waals surface area contributed by atoms with E-state index < -0.39 is 5.97 Å². The summed E-state index contributed by atoms with van der Waals surface area (Å²) in [5, 5.41) is 26.7. The number of aromatic carboxylic acids is 1. The second kappa shape index (κ2) is 6.41. The van der Waals surface area contributed by atoms with Gasteiger partial charge in [-0.15, -0.1) is 5.10 Å². The summed E-state index contributed by atoms with van der Waals surface area (Å²) >= 11 is 0. The van der Waals surface area contributed by atoms with Crippen LogP contribution in [0.1, 0.15) is 27.3 Å². The van der Waals surface area contributed by atoms with Crippen molar-refractivity contribution in [2.75, 3.05) is 0 Å². The lowest BCUT2D eigenvalue weighted by Crippen LogP contribution is -2.06. The van der Waals surface area contributed by atoms with Crippen LogP contribution in [-0.2, 0) is 13.0 Å². The Morgan fingerprint density at radius 1 is 1.09 bits per heavy atom. The number of rotatable bonds is 5. The van der Waals surface area contributed by atoms with E-state index in [1.165, 1.54) is 12.1 Å². The van der Waals surface area contributed by atoms with E-state index in [4.69, 9.17) is 5.11 Å². The van der Waals surface area contributed by atoms with E-state index in [0.717, 1.165) is 11.3 Å². The summed E-state index contributed by atoms with van der Waals surface area (Å²) in [7, 11) is 0. The number of aliphatic hydroxyl groups excluding tert-OH is 1. The number of benzene rings is 2. The quantitative estimate of drug-likeness (QED) is 0.753. The van der Waals surface area contributed by atoms with Crippen LogP contribution in [-0.4, -0.2) is 31.2 Å². The van der Waals surface area contributed by atoms with Crippen molar-refractivity contribution in [2.45, 2.75) is 13.0 Å². The van der Waals surface area contributed by atoms with Crippen LogP contribution in [0.25, 0.3) is 5.69 Å². The lowest BCUT2D eigenvalue weighted by molar-refractivity contribution is 0.0697. The molecule has 0 atom stereocenters. The predicted molar refractivity (Wildman–Crippen MR) is 83.5 cm³/mol. The van der Waals surface area contributed by atoms with Gasteiger partial charge in [-0.1, -0.05) is 41.6 Å². The molecule has 0 aliphatic carbocycles. The Hall–Kier alpha value is -2.99. The maximum Gasteiger partial charge on any atom is 0.335 e. The molecule has 0 radical (unpaired) electrons. The van der Waals surface area contributed by atoms with Crippen molar-refractivity contribution in [3.63, 3.8) is 0 Å². The van der Waals surface area contributed by atoms with Gasteiger partial charge in [-0.25, -0.2) is 9.48 Å². The number of aliphatic hydroxyl groups is 1. The molecular weight excluding hydrogens is 294 g/mol. The van der Waals surface area contributed by atoms with Crippen molar-refractivity contribution >= 4 is 5.97 Å². The Morgan fingerprint density at radius 3 is 2.57 bits per heavy atom. The molecule has 0 fully saturated rings. The van der Waals surface area contributed by atoms with Crippen LogP contribution in [0.2, 0.25) is 0 Å². The zero-order chi connectivity index (χ0) is 16.2. The van der Waals surface area contributed by atoms with Crippen molar-refractivity contribution in [1.82, 2.24) is 15.0 Å². The maximum atomic E-state index is 11.1. The third-order valence-corrected chi connectivity index (χ3v) is 3.55. The molecule has 0 saturated heterocycles. The first kappa shape index (κ1) is 14.9. The third kappa shape index (κ3) is 3.12. The minimum atomic E-state index is -1.00. The molecule has 1 aromatic heterocycles.